The molecule has 0 aliphatic heterocycles. The van der Waals surface area contributed by atoms with Crippen LogP contribution >= 0.6 is 0 Å². The topological polar surface area (TPSA) is 79.0 Å². The maximum Gasteiger partial charge on any atom is 0.270 e. The Morgan fingerprint density at radius 1 is 1.50 bits per heavy atom. The number of hydrogen-bond acceptors (Lipinski definition) is 4. The molecule has 1 aliphatic rings. The number of nitriles is 1. The maximum atomic E-state index is 10.7. The number of nitrogens with zero attached hydrogens (tertiary/aromatic N) is 2. The van der Waals surface area contributed by atoms with Crippen molar-refractivity contribution in [3.63, 3.8) is 0 Å². The summed E-state index contributed by atoms with van der Waals surface area (Å²) in [6.07, 6.45) is 4.51. The van der Waals surface area contributed by atoms with Gasteiger partial charge in [0.15, 0.2) is 0 Å². The van der Waals surface area contributed by atoms with Crippen LogP contribution in [0.5, 0.6) is 0 Å². The lowest BCUT2D eigenvalue weighted by Crippen LogP contribution is -2.31. The lowest BCUT2D eigenvalue weighted by Gasteiger charge is -2.36. The Morgan fingerprint density at radius 3 is 2.85 bits per heavy atom. The van der Waals surface area contributed by atoms with E-state index >= 15 is 0 Å². The zero-order valence-corrected chi connectivity index (χ0v) is 11.8. The lowest BCUT2D eigenvalue weighted by atomic mass is 9.75. The van der Waals surface area contributed by atoms with Gasteiger partial charge in [-0.3, -0.25) is 10.1 Å². The van der Waals surface area contributed by atoms with Crippen molar-refractivity contribution in [2.45, 2.75) is 45.6 Å². The van der Waals surface area contributed by atoms with Crippen molar-refractivity contribution in [1.82, 2.24) is 0 Å². The van der Waals surface area contributed by atoms with E-state index in [-0.39, 0.29) is 5.69 Å². The van der Waals surface area contributed by atoms with E-state index in [4.69, 9.17) is 5.26 Å². The molecule has 1 aromatic rings. The third-order valence-electron chi connectivity index (χ3n) is 3.90. The monoisotopic (exact) mass is 273 g/mol. The summed E-state index contributed by atoms with van der Waals surface area (Å²) in [4.78, 5) is 10.3. The van der Waals surface area contributed by atoms with Crippen LogP contribution in [0.3, 0.4) is 0 Å². The molecule has 5 heteroatoms. The average molecular weight is 273 g/mol. The molecular weight excluding hydrogens is 254 g/mol. The Kier molecular flexibility index (Phi) is 3.93. The van der Waals surface area contributed by atoms with E-state index in [9.17, 15) is 10.1 Å². The van der Waals surface area contributed by atoms with Crippen molar-refractivity contribution in [3.05, 3.63) is 33.9 Å². The highest BCUT2D eigenvalue weighted by Crippen LogP contribution is 2.36. The maximum absolute atomic E-state index is 10.7. The Labute approximate surface area is 118 Å². The molecule has 0 amide bonds. The first-order valence-electron chi connectivity index (χ1n) is 6.86. The summed E-state index contributed by atoms with van der Waals surface area (Å²) in [5, 5.41) is 23.3. The molecule has 1 aliphatic carbocycles. The Hall–Kier alpha value is -2.09. The summed E-state index contributed by atoms with van der Waals surface area (Å²) in [6.45, 7) is 4.50. The van der Waals surface area contributed by atoms with Crippen LogP contribution in [0.4, 0.5) is 11.4 Å². The molecule has 1 saturated carbocycles. The zero-order chi connectivity index (χ0) is 14.8. The van der Waals surface area contributed by atoms with E-state index in [0.29, 0.717) is 22.7 Å². The molecule has 5 nitrogen and oxygen atoms in total. The van der Waals surface area contributed by atoms with Crippen LogP contribution in [0, 0.1) is 26.9 Å². The van der Waals surface area contributed by atoms with Gasteiger partial charge in [-0.15, -0.1) is 0 Å². The van der Waals surface area contributed by atoms with Gasteiger partial charge in [0.2, 0.25) is 0 Å². The molecule has 106 valence electrons. The molecule has 0 spiro atoms. The summed E-state index contributed by atoms with van der Waals surface area (Å²) in [5.41, 5.74) is 1.29. The Bertz CT molecular complexity index is 561. The number of benzene rings is 1. The molecule has 0 aromatic heterocycles. The number of nitro groups is 1. The normalized spacial score (nSPS) is 20.9. The Morgan fingerprint density at radius 2 is 2.25 bits per heavy atom. The molecule has 1 aromatic carbocycles. The first kappa shape index (κ1) is 14.3. The molecule has 1 fully saturated rings. The molecule has 1 N–H and O–H groups in total. The minimum Gasteiger partial charge on any atom is -0.381 e. The van der Waals surface area contributed by atoms with Crippen molar-refractivity contribution in [1.29, 1.82) is 5.26 Å². The molecule has 0 heterocycles. The second kappa shape index (κ2) is 5.49. The lowest BCUT2D eigenvalue weighted by molar-refractivity contribution is -0.384. The summed E-state index contributed by atoms with van der Waals surface area (Å²) in [5.74, 6) is 0. The molecule has 0 radical (unpaired) electrons. The first-order valence-corrected chi connectivity index (χ1v) is 6.86. The molecule has 20 heavy (non-hydrogen) atoms. The third kappa shape index (κ3) is 3.27. The Balaban J connectivity index is 2.17. The van der Waals surface area contributed by atoms with Crippen molar-refractivity contribution < 1.29 is 4.92 Å². The standard InChI is InChI=1S/C15H19N3O2/c1-15(2)7-3-4-12(9-15)17-14-6-5-13(18(19)20)8-11(14)10-16/h5-6,8,12,17H,3-4,7,9H2,1-2H3. The van der Waals surface area contributed by atoms with Crippen molar-refractivity contribution in [3.8, 4) is 6.07 Å². The van der Waals surface area contributed by atoms with Gasteiger partial charge in [-0.05, 0) is 30.7 Å². The van der Waals surface area contributed by atoms with Crippen LogP contribution in [-0.2, 0) is 0 Å². The van der Waals surface area contributed by atoms with Gasteiger partial charge in [-0.1, -0.05) is 20.3 Å². The highest BCUT2D eigenvalue weighted by Gasteiger charge is 2.28. The van der Waals surface area contributed by atoms with Crippen molar-refractivity contribution >= 4 is 11.4 Å². The van der Waals surface area contributed by atoms with Crippen LogP contribution < -0.4 is 5.32 Å². The van der Waals surface area contributed by atoms with Crippen LogP contribution in [0.2, 0.25) is 0 Å². The van der Waals surface area contributed by atoms with Gasteiger partial charge < -0.3 is 5.32 Å². The quantitative estimate of drug-likeness (QED) is 0.670. The second-order valence-corrected chi connectivity index (χ2v) is 6.20. The summed E-state index contributed by atoms with van der Waals surface area (Å²) < 4.78 is 0. The van der Waals surface area contributed by atoms with Gasteiger partial charge in [0.1, 0.15) is 6.07 Å². The summed E-state index contributed by atoms with van der Waals surface area (Å²) >= 11 is 0. The highest BCUT2D eigenvalue weighted by molar-refractivity contribution is 5.61. The first-order chi connectivity index (χ1) is 9.41. The SMILES string of the molecule is CC1(C)CCCC(Nc2ccc([N+](=O)[O-])cc2C#N)C1. The van der Waals surface area contributed by atoms with Gasteiger partial charge in [-0.25, -0.2) is 0 Å². The molecular formula is C15H19N3O2. The zero-order valence-electron chi connectivity index (χ0n) is 11.8. The smallest absolute Gasteiger partial charge is 0.270 e. The fourth-order valence-electron chi connectivity index (χ4n) is 2.91. The summed E-state index contributed by atoms with van der Waals surface area (Å²) in [6, 6.07) is 6.77. The average Bonchev–Trinajstić information content (AvgIpc) is 2.37. The number of non-ortho nitro benzene ring substituents is 1. The largest absolute Gasteiger partial charge is 0.381 e. The minimum atomic E-state index is -0.478. The second-order valence-electron chi connectivity index (χ2n) is 6.20. The van der Waals surface area contributed by atoms with Gasteiger partial charge in [0.25, 0.3) is 5.69 Å². The van der Waals surface area contributed by atoms with E-state index < -0.39 is 4.92 Å². The molecule has 1 unspecified atom stereocenters. The van der Waals surface area contributed by atoms with Crippen LogP contribution in [-0.4, -0.2) is 11.0 Å². The number of anilines is 1. The molecule has 0 saturated heterocycles. The number of nitrogens with one attached hydrogen (secondary N) is 1. The third-order valence-corrected chi connectivity index (χ3v) is 3.90. The highest BCUT2D eigenvalue weighted by atomic mass is 16.6. The molecule has 0 bridgehead atoms. The molecule has 1 atom stereocenters. The predicted molar refractivity (Wildman–Crippen MR) is 77.5 cm³/mol. The van der Waals surface area contributed by atoms with Gasteiger partial charge in [-0.2, -0.15) is 5.26 Å². The van der Waals surface area contributed by atoms with E-state index in [0.717, 1.165) is 12.8 Å². The van der Waals surface area contributed by atoms with Crippen molar-refractivity contribution in [2.24, 2.45) is 5.41 Å². The van der Waals surface area contributed by atoms with E-state index in [1.807, 2.05) is 6.07 Å². The minimum absolute atomic E-state index is 0.0453. The number of rotatable bonds is 3. The van der Waals surface area contributed by atoms with Crippen LogP contribution in [0.25, 0.3) is 0 Å². The van der Waals surface area contributed by atoms with Crippen LogP contribution in [0.1, 0.15) is 45.1 Å². The van der Waals surface area contributed by atoms with Gasteiger partial charge >= 0.3 is 0 Å². The van der Waals surface area contributed by atoms with E-state index in [1.54, 1.807) is 6.07 Å². The fraction of sp³-hybridized carbons (Fsp3) is 0.533. The van der Waals surface area contributed by atoms with Gasteiger partial charge in [0, 0.05) is 18.2 Å². The van der Waals surface area contributed by atoms with Crippen LogP contribution in [0.15, 0.2) is 18.2 Å². The van der Waals surface area contributed by atoms with E-state index in [1.165, 1.54) is 25.0 Å². The number of nitro benzene ring substituents is 1. The molecule has 2 rings (SSSR count). The summed E-state index contributed by atoms with van der Waals surface area (Å²) in [7, 11) is 0. The number of hydrogen-bond donors (Lipinski definition) is 1. The van der Waals surface area contributed by atoms with Crippen molar-refractivity contribution in [2.75, 3.05) is 5.32 Å². The fourth-order valence-corrected chi connectivity index (χ4v) is 2.91. The van der Waals surface area contributed by atoms with E-state index in [2.05, 4.69) is 19.2 Å². The predicted octanol–water partition coefficient (Wildman–Crippen LogP) is 3.85. The van der Waals surface area contributed by atoms with Gasteiger partial charge in [0.05, 0.1) is 16.2 Å².